The van der Waals surface area contributed by atoms with Gasteiger partial charge in [-0.2, -0.15) is 0 Å². The number of hydrogen-bond acceptors (Lipinski definition) is 2. The van der Waals surface area contributed by atoms with Crippen molar-refractivity contribution < 1.29 is 9.59 Å². The van der Waals surface area contributed by atoms with E-state index in [1.807, 2.05) is 0 Å². The van der Waals surface area contributed by atoms with Crippen LogP contribution in [-0.2, 0) is 9.59 Å². The summed E-state index contributed by atoms with van der Waals surface area (Å²) in [5.41, 5.74) is 0.421. The van der Waals surface area contributed by atoms with Gasteiger partial charge in [0.15, 0.2) is 0 Å². The summed E-state index contributed by atoms with van der Waals surface area (Å²) in [6.07, 6.45) is 0. The van der Waals surface area contributed by atoms with Gasteiger partial charge < -0.3 is 10.6 Å². The van der Waals surface area contributed by atoms with E-state index >= 15 is 0 Å². The van der Waals surface area contributed by atoms with Crippen molar-refractivity contribution in [1.82, 2.24) is 5.32 Å². The number of amides is 2. The highest BCUT2D eigenvalue weighted by Crippen LogP contribution is 2.29. The van der Waals surface area contributed by atoms with Gasteiger partial charge in [-0.3, -0.25) is 9.59 Å². The van der Waals surface area contributed by atoms with Gasteiger partial charge in [0.1, 0.15) is 0 Å². The maximum atomic E-state index is 11.4. The Labute approximate surface area is 103 Å². The molecule has 0 heterocycles. The smallest absolute Gasteiger partial charge is 0.243 e. The lowest BCUT2D eigenvalue weighted by molar-refractivity contribution is -0.122. The molecule has 0 unspecified atom stereocenters. The minimum Gasteiger partial charge on any atom is -0.347 e. The molecule has 1 rings (SSSR count). The third-order valence-corrected chi connectivity index (χ3v) is 2.54. The lowest BCUT2D eigenvalue weighted by Gasteiger charge is -2.08. The highest BCUT2D eigenvalue weighted by atomic mass is 35.5. The molecule has 4 nitrogen and oxygen atoms in total. The standard InChI is InChI=1S/C10H10Cl2N2O2/c1-6(15)13-5-9(16)14-8-4-2-3-7(11)10(8)12/h2-4H,5H2,1H3,(H,13,15)(H,14,16). The summed E-state index contributed by atoms with van der Waals surface area (Å²) >= 11 is 11.6. The fourth-order valence-corrected chi connectivity index (χ4v) is 1.35. The maximum Gasteiger partial charge on any atom is 0.243 e. The third kappa shape index (κ3) is 3.72. The van der Waals surface area contributed by atoms with Crippen LogP contribution in [0.1, 0.15) is 6.92 Å². The number of carbonyl (C=O) groups is 2. The minimum atomic E-state index is -0.362. The molecule has 0 aliphatic carbocycles. The van der Waals surface area contributed by atoms with Crippen molar-refractivity contribution in [3.05, 3.63) is 28.2 Å². The van der Waals surface area contributed by atoms with Gasteiger partial charge in [0.25, 0.3) is 0 Å². The number of carbonyl (C=O) groups excluding carboxylic acids is 2. The first-order chi connectivity index (χ1) is 7.50. The van der Waals surface area contributed by atoms with Crippen LogP contribution in [0.5, 0.6) is 0 Å². The monoisotopic (exact) mass is 260 g/mol. The summed E-state index contributed by atoms with van der Waals surface area (Å²) in [6, 6.07) is 4.91. The lowest BCUT2D eigenvalue weighted by Crippen LogP contribution is -2.31. The summed E-state index contributed by atoms with van der Waals surface area (Å²) in [5.74, 6) is -0.633. The summed E-state index contributed by atoms with van der Waals surface area (Å²) in [5, 5.41) is 5.55. The van der Waals surface area contributed by atoms with Crippen LogP contribution in [0.3, 0.4) is 0 Å². The predicted octanol–water partition coefficient (Wildman–Crippen LogP) is 2.07. The first kappa shape index (κ1) is 12.8. The highest BCUT2D eigenvalue weighted by molar-refractivity contribution is 6.44. The van der Waals surface area contributed by atoms with E-state index in [1.54, 1.807) is 18.2 Å². The van der Waals surface area contributed by atoms with Crippen molar-refractivity contribution in [1.29, 1.82) is 0 Å². The first-order valence-corrected chi connectivity index (χ1v) is 5.24. The largest absolute Gasteiger partial charge is 0.347 e. The van der Waals surface area contributed by atoms with Crippen LogP contribution in [0.4, 0.5) is 5.69 Å². The quantitative estimate of drug-likeness (QED) is 0.875. The van der Waals surface area contributed by atoms with Crippen molar-refractivity contribution in [2.75, 3.05) is 11.9 Å². The van der Waals surface area contributed by atoms with Gasteiger partial charge in [0.2, 0.25) is 11.8 Å². The zero-order chi connectivity index (χ0) is 12.1. The second kappa shape index (κ2) is 5.72. The van der Waals surface area contributed by atoms with Crippen molar-refractivity contribution in [2.45, 2.75) is 6.92 Å². The molecular formula is C10H10Cl2N2O2. The summed E-state index contributed by atoms with van der Waals surface area (Å²) < 4.78 is 0. The third-order valence-electron chi connectivity index (χ3n) is 1.72. The zero-order valence-corrected chi connectivity index (χ0v) is 10.0. The summed E-state index contributed by atoms with van der Waals surface area (Å²) in [7, 11) is 0. The van der Waals surface area contributed by atoms with Gasteiger partial charge in [-0.15, -0.1) is 0 Å². The topological polar surface area (TPSA) is 58.2 Å². The summed E-state index contributed by atoms with van der Waals surface area (Å²) in [4.78, 5) is 21.9. The Morgan fingerprint density at radius 1 is 1.31 bits per heavy atom. The number of rotatable bonds is 3. The molecular weight excluding hydrogens is 251 g/mol. The second-order valence-corrected chi connectivity index (χ2v) is 3.84. The van der Waals surface area contributed by atoms with Gasteiger partial charge in [0.05, 0.1) is 22.3 Å². The fourth-order valence-electron chi connectivity index (χ4n) is 0.999. The van der Waals surface area contributed by atoms with Crippen molar-refractivity contribution >= 4 is 40.7 Å². The van der Waals surface area contributed by atoms with E-state index in [0.717, 1.165) is 0 Å². The average molecular weight is 261 g/mol. The number of benzene rings is 1. The molecule has 86 valence electrons. The van der Waals surface area contributed by atoms with E-state index in [9.17, 15) is 9.59 Å². The number of halogens is 2. The molecule has 0 aliphatic rings. The van der Waals surface area contributed by atoms with Crippen LogP contribution >= 0.6 is 23.2 Å². The molecule has 0 radical (unpaired) electrons. The molecule has 1 aromatic rings. The molecule has 0 bridgehead atoms. The molecule has 16 heavy (non-hydrogen) atoms. The van der Waals surface area contributed by atoms with E-state index in [-0.39, 0.29) is 23.4 Å². The Bertz CT molecular complexity index is 421. The van der Waals surface area contributed by atoms with E-state index < -0.39 is 0 Å². The molecule has 0 saturated heterocycles. The van der Waals surface area contributed by atoms with Crippen LogP contribution in [0.15, 0.2) is 18.2 Å². The molecule has 2 N–H and O–H groups in total. The molecule has 0 fully saturated rings. The van der Waals surface area contributed by atoms with Crippen LogP contribution in [0.25, 0.3) is 0 Å². The molecule has 0 saturated carbocycles. The molecule has 0 aromatic heterocycles. The Morgan fingerprint density at radius 2 is 2.00 bits per heavy atom. The van der Waals surface area contributed by atoms with Crippen LogP contribution in [-0.4, -0.2) is 18.4 Å². The van der Waals surface area contributed by atoms with Crippen LogP contribution in [0, 0.1) is 0 Å². The Morgan fingerprint density at radius 3 is 2.62 bits per heavy atom. The van der Waals surface area contributed by atoms with Gasteiger partial charge in [0, 0.05) is 6.92 Å². The van der Waals surface area contributed by atoms with Gasteiger partial charge in [-0.05, 0) is 12.1 Å². The Hall–Kier alpha value is -1.26. The van der Waals surface area contributed by atoms with Crippen molar-refractivity contribution in [3.63, 3.8) is 0 Å². The van der Waals surface area contributed by atoms with Crippen molar-refractivity contribution in [3.8, 4) is 0 Å². The number of anilines is 1. The van der Waals surface area contributed by atoms with E-state index in [4.69, 9.17) is 23.2 Å². The first-order valence-electron chi connectivity index (χ1n) is 4.49. The molecule has 6 heteroatoms. The summed E-state index contributed by atoms with van der Waals surface area (Å²) in [6.45, 7) is 1.23. The lowest BCUT2D eigenvalue weighted by atomic mass is 10.3. The minimum absolute atomic E-state index is 0.0990. The van der Waals surface area contributed by atoms with Gasteiger partial charge >= 0.3 is 0 Å². The van der Waals surface area contributed by atoms with E-state index in [0.29, 0.717) is 10.7 Å². The fraction of sp³-hybridized carbons (Fsp3) is 0.200. The average Bonchev–Trinajstić information content (AvgIpc) is 2.22. The number of hydrogen-bond donors (Lipinski definition) is 2. The zero-order valence-electron chi connectivity index (χ0n) is 8.51. The van der Waals surface area contributed by atoms with Crippen molar-refractivity contribution in [2.24, 2.45) is 0 Å². The van der Waals surface area contributed by atoms with Gasteiger partial charge in [-0.25, -0.2) is 0 Å². The molecule has 2 amide bonds. The molecule has 0 atom stereocenters. The van der Waals surface area contributed by atoms with Crippen LogP contribution in [0.2, 0.25) is 10.0 Å². The van der Waals surface area contributed by atoms with E-state index in [2.05, 4.69) is 10.6 Å². The second-order valence-electron chi connectivity index (χ2n) is 3.06. The molecule has 0 spiro atoms. The molecule has 0 aliphatic heterocycles. The number of nitrogens with one attached hydrogen (secondary N) is 2. The molecule has 1 aromatic carbocycles. The Balaban J connectivity index is 2.63. The SMILES string of the molecule is CC(=O)NCC(=O)Nc1cccc(Cl)c1Cl. The van der Waals surface area contributed by atoms with Crippen LogP contribution < -0.4 is 10.6 Å². The van der Waals surface area contributed by atoms with E-state index in [1.165, 1.54) is 6.92 Å². The maximum absolute atomic E-state index is 11.4. The predicted molar refractivity (Wildman–Crippen MR) is 63.8 cm³/mol. The van der Waals surface area contributed by atoms with Gasteiger partial charge in [-0.1, -0.05) is 29.3 Å². The normalized spacial score (nSPS) is 9.69. The highest BCUT2D eigenvalue weighted by Gasteiger charge is 2.08. The Kier molecular flexibility index (Phi) is 4.58.